The van der Waals surface area contributed by atoms with Gasteiger partial charge >= 0.3 is 5.97 Å². The molecule has 136 valence electrons. The van der Waals surface area contributed by atoms with Crippen LogP contribution in [0.25, 0.3) is 0 Å². The summed E-state index contributed by atoms with van der Waals surface area (Å²) >= 11 is 1.09. The Morgan fingerprint density at radius 3 is 2.54 bits per heavy atom. The predicted molar refractivity (Wildman–Crippen MR) is 91.2 cm³/mol. The van der Waals surface area contributed by atoms with E-state index in [1.807, 2.05) is 0 Å². The molecule has 26 heavy (non-hydrogen) atoms. The molecule has 1 aromatic heterocycles. The van der Waals surface area contributed by atoms with Crippen molar-refractivity contribution in [1.82, 2.24) is 5.32 Å². The second-order valence-corrected chi connectivity index (χ2v) is 5.82. The van der Waals surface area contributed by atoms with Crippen LogP contribution in [0.3, 0.4) is 0 Å². The SMILES string of the molecule is NC(=O)c1ccsc1NC(=O)COC(=O)CNC(=O)c1ccccc1F. The largest absolute Gasteiger partial charge is 0.454 e. The van der Waals surface area contributed by atoms with Crippen LogP contribution in [-0.4, -0.2) is 36.8 Å². The Bertz CT molecular complexity index is 852. The summed E-state index contributed by atoms with van der Waals surface area (Å²) in [5, 5.41) is 6.39. The number of rotatable bonds is 7. The molecule has 0 aliphatic rings. The lowest BCUT2D eigenvalue weighted by atomic mass is 10.2. The van der Waals surface area contributed by atoms with Crippen molar-refractivity contribution in [2.45, 2.75) is 0 Å². The van der Waals surface area contributed by atoms with Crippen molar-refractivity contribution < 1.29 is 28.3 Å². The van der Waals surface area contributed by atoms with E-state index < -0.39 is 42.7 Å². The van der Waals surface area contributed by atoms with Gasteiger partial charge in [-0.1, -0.05) is 12.1 Å². The molecule has 0 aliphatic carbocycles. The van der Waals surface area contributed by atoms with Gasteiger partial charge in [0.1, 0.15) is 17.4 Å². The van der Waals surface area contributed by atoms with Crippen LogP contribution >= 0.6 is 11.3 Å². The normalized spacial score (nSPS) is 10.0. The zero-order chi connectivity index (χ0) is 19.1. The third-order valence-corrected chi connectivity index (χ3v) is 3.89. The van der Waals surface area contributed by atoms with Gasteiger partial charge < -0.3 is 21.1 Å². The van der Waals surface area contributed by atoms with Gasteiger partial charge in [-0.05, 0) is 23.6 Å². The van der Waals surface area contributed by atoms with Crippen LogP contribution in [0.15, 0.2) is 35.7 Å². The van der Waals surface area contributed by atoms with E-state index in [2.05, 4.69) is 10.6 Å². The molecule has 2 rings (SSSR count). The molecule has 0 unspecified atom stereocenters. The average molecular weight is 379 g/mol. The highest BCUT2D eigenvalue weighted by Crippen LogP contribution is 2.22. The van der Waals surface area contributed by atoms with Gasteiger partial charge in [0.05, 0.1) is 11.1 Å². The van der Waals surface area contributed by atoms with Crippen LogP contribution in [0.2, 0.25) is 0 Å². The van der Waals surface area contributed by atoms with E-state index in [0.717, 1.165) is 17.4 Å². The summed E-state index contributed by atoms with van der Waals surface area (Å²) in [5.41, 5.74) is 5.08. The molecule has 0 saturated heterocycles. The van der Waals surface area contributed by atoms with Crippen LogP contribution < -0.4 is 16.4 Å². The molecule has 0 spiro atoms. The zero-order valence-corrected chi connectivity index (χ0v) is 14.1. The summed E-state index contributed by atoms with van der Waals surface area (Å²) in [6.45, 7) is -1.16. The van der Waals surface area contributed by atoms with E-state index in [0.29, 0.717) is 0 Å². The first-order valence-electron chi connectivity index (χ1n) is 7.24. The number of nitrogens with one attached hydrogen (secondary N) is 2. The smallest absolute Gasteiger partial charge is 0.325 e. The van der Waals surface area contributed by atoms with Gasteiger partial charge in [0.25, 0.3) is 17.7 Å². The van der Waals surface area contributed by atoms with E-state index in [9.17, 15) is 23.6 Å². The first-order valence-corrected chi connectivity index (χ1v) is 8.12. The summed E-state index contributed by atoms with van der Waals surface area (Å²) in [7, 11) is 0. The van der Waals surface area contributed by atoms with Gasteiger partial charge in [0, 0.05) is 0 Å². The van der Waals surface area contributed by atoms with Crippen molar-refractivity contribution in [1.29, 1.82) is 0 Å². The number of halogens is 1. The Hall–Kier alpha value is -3.27. The molecule has 2 aromatic rings. The van der Waals surface area contributed by atoms with Crippen molar-refractivity contribution in [3.63, 3.8) is 0 Å². The lowest BCUT2D eigenvalue weighted by Gasteiger charge is -2.08. The number of nitrogens with two attached hydrogens (primary N) is 1. The molecule has 1 heterocycles. The molecule has 1 aromatic carbocycles. The molecule has 4 N–H and O–H groups in total. The van der Waals surface area contributed by atoms with Crippen molar-refractivity contribution in [3.05, 3.63) is 52.7 Å². The second-order valence-electron chi connectivity index (χ2n) is 4.90. The summed E-state index contributed by atoms with van der Waals surface area (Å²) in [6.07, 6.45) is 0. The molecule has 0 radical (unpaired) electrons. The number of ether oxygens (including phenoxy) is 1. The number of esters is 1. The Balaban J connectivity index is 1.77. The highest BCUT2D eigenvalue weighted by Gasteiger charge is 2.15. The molecule has 10 heteroatoms. The first kappa shape index (κ1) is 19.1. The fraction of sp³-hybridized carbons (Fsp3) is 0.125. The molecule has 3 amide bonds. The van der Waals surface area contributed by atoms with E-state index in [1.165, 1.54) is 24.3 Å². The van der Waals surface area contributed by atoms with E-state index in [1.54, 1.807) is 5.38 Å². The Morgan fingerprint density at radius 1 is 1.12 bits per heavy atom. The molecular weight excluding hydrogens is 365 g/mol. The number of amides is 3. The maximum Gasteiger partial charge on any atom is 0.325 e. The lowest BCUT2D eigenvalue weighted by Crippen LogP contribution is -2.32. The standard InChI is InChI=1S/C16H14FN3O5S/c17-11-4-2-1-3-9(11)15(24)19-7-13(22)25-8-12(21)20-16-10(14(18)23)5-6-26-16/h1-6H,7-8H2,(H2,18,23)(H,19,24)(H,20,21). The molecule has 0 atom stereocenters. The zero-order valence-electron chi connectivity index (χ0n) is 13.3. The van der Waals surface area contributed by atoms with Crippen LogP contribution in [0.1, 0.15) is 20.7 Å². The number of carbonyl (C=O) groups excluding carboxylic acids is 4. The fourth-order valence-corrected chi connectivity index (χ4v) is 2.66. The quantitative estimate of drug-likeness (QED) is 0.616. The molecule has 0 aliphatic heterocycles. The van der Waals surface area contributed by atoms with Crippen molar-refractivity contribution in [3.8, 4) is 0 Å². The maximum atomic E-state index is 13.4. The predicted octanol–water partition coefficient (Wildman–Crippen LogP) is 0.898. The maximum absolute atomic E-state index is 13.4. The first-order chi connectivity index (χ1) is 12.4. The summed E-state index contributed by atoms with van der Waals surface area (Å²) < 4.78 is 18.1. The molecule has 0 saturated carbocycles. The lowest BCUT2D eigenvalue weighted by molar-refractivity contribution is -0.146. The van der Waals surface area contributed by atoms with E-state index in [4.69, 9.17) is 10.5 Å². The highest BCUT2D eigenvalue weighted by atomic mass is 32.1. The summed E-state index contributed by atoms with van der Waals surface area (Å²) in [6, 6.07) is 6.73. The van der Waals surface area contributed by atoms with E-state index >= 15 is 0 Å². The number of carbonyl (C=O) groups is 4. The van der Waals surface area contributed by atoms with Gasteiger partial charge in [-0.2, -0.15) is 0 Å². The summed E-state index contributed by atoms with van der Waals surface area (Å²) in [5.74, 6) is -3.77. The minimum atomic E-state index is -0.883. The third-order valence-electron chi connectivity index (χ3n) is 3.06. The molecule has 8 nitrogen and oxygen atoms in total. The van der Waals surface area contributed by atoms with Crippen molar-refractivity contribution >= 4 is 40.0 Å². The van der Waals surface area contributed by atoms with Crippen molar-refractivity contribution in [2.75, 3.05) is 18.5 Å². The van der Waals surface area contributed by atoms with Crippen LogP contribution in [0, 0.1) is 5.82 Å². The third kappa shape index (κ3) is 5.11. The fourth-order valence-electron chi connectivity index (χ4n) is 1.85. The number of thiophene rings is 1. The van der Waals surface area contributed by atoms with Gasteiger partial charge in [-0.25, -0.2) is 4.39 Å². The van der Waals surface area contributed by atoms with Crippen LogP contribution in [0.4, 0.5) is 9.39 Å². The molecule has 0 fully saturated rings. The van der Waals surface area contributed by atoms with Crippen LogP contribution in [0.5, 0.6) is 0 Å². The van der Waals surface area contributed by atoms with Gasteiger partial charge in [-0.3, -0.25) is 19.2 Å². The van der Waals surface area contributed by atoms with E-state index in [-0.39, 0.29) is 16.1 Å². The minimum absolute atomic E-state index is 0.145. The molecule has 0 bridgehead atoms. The Labute approximate surface area is 151 Å². The van der Waals surface area contributed by atoms with Crippen LogP contribution in [-0.2, 0) is 14.3 Å². The number of benzene rings is 1. The van der Waals surface area contributed by atoms with Crippen molar-refractivity contribution in [2.24, 2.45) is 5.73 Å². The Morgan fingerprint density at radius 2 is 1.85 bits per heavy atom. The minimum Gasteiger partial charge on any atom is -0.454 e. The van der Waals surface area contributed by atoms with Gasteiger partial charge in [0.15, 0.2) is 6.61 Å². The topological polar surface area (TPSA) is 128 Å². The number of hydrogen-bond acceptors (Lipinski definition) is 6. The number of primary amides is 1. The van der Waals surface area contributed by atoms with Gasteiger partial charge in [0.2, 0.25) is 0 Å². The Kier molecular flexibility index (Phi) is 6.39. The monoisotopic (exact) mass is 379 g/mol. The highest BCUT2D eigenvalue weighted by molar-refractivity contribution is 7.14. The number of anilines is 1. The number of hydrogen-bond donors (Lipinski definition) is 3. The van der Waals surface area contributed by atoms with Gasteiger partial charge in [-0.15, -0.1) is 11.3 Å². The summed E-state index contributed by atoms with van der Waals surface area (Å²) in [4.78, 5) is 46.2. The average Bonchev–Trinajstić information content (AvgIpc) is 3.06. The second kappa shape index (κ2) is 8.72. The molecular formula is C16H14FN3O5S.